The number of hydrogen-bond donors (Lipinski definition) is 1. The minimum Gasteiger partial charge on any atom is -0.510 e. The number of aliphatic hydroxyl groups is 1. The van der Waals surface area contributed by atoms with Crippen LogP contribution in [0.25, 0.3) is 0 Å². The molecule has 0 atom stereocenters. The lowest BCUT2D eigenvalue weighted by atomic mass is 10.2. The van der Waals surface area contributed by atoms with E-state index in [0.29, 0.717) is 5.56 Å². The van der Waals surface area contributed by atoms with E-state index in [0.717, 1.165) is 0 Å². The first-order valence-electron chi connectivity index (χ1n) is 6.10. The van der Waals surface area contributed by atoms with Gasteiger partial charge in [0.25, 0.3) is 5.69 Å². The first-order valence-corrected chi connectivity index (χ1v) is 6.10. The summed E-state index contributed by atoms with van der Waals surface area (Å²) < 4.78 is 4.73. The quantitative estimate of drug-likeness (QED) is 0.223. The standard InChI is InChI=1S/C13H15N3O5/c1-4-21-13(18)12(9(3)17)15-14-11-7-10(16(19)20)6-5-8(11)2/h5-7,17H,4H2,1-3H3. The number of nitro benzene ring substituents is 1. The zero-order chi connectivity index (χ0) is 16.0. The molecular formula is C13H15N3O5. The molecule has 0 amide bonds. The molecule has 0 aromatic heterocycles. The summed E-state index contributed by atoms with van der Waals surface area (Å²) in [5, 5.41) is 27.5. The van der Waals surface area contributed by atoms with Gasteiger partial charge in [0.2, 0.25) is 5.70 Å². The van der Waals surface area contributed by atoms with Crippen LogP contribution in [-0.4, -0.2) is 22.6 Å². The van der Waals surface area contributed by atoms with Crippen LogP contribution in [0.2, 0.25) is 0 Å². The molecule has 1 aromatic carbocycles. The van der Waals surface area contributed by atoms with E-state index in [9.17, 15) is 20.0 Å². The van der Waals surface area contributed by atoms with Crippen molar-refractivity contribution in [2.75, 3.05) is 6.61 Å². The fourth-order valence-electron chi connectivity index (χ4n) is 1.38. The van der Waals surface area contributed by atoms with Crippen molar-refractivity contribution < 1.29 is 19.6 Å². The highest BCUT2D eigenvalue weighted by Crippen LogP contribution is 2.25. The van der Waals surface area contributed by atoms with E-state index >= 15 is 0 Å². The molecule has 0 saturated carbocycles. The third-order valence-electron chi connectivity index (χ3n) is 2.47. The third kappa shape index (κ3) is 4.37. The number of benzene rings is 1. The number of aliphatic hydroxyl groups excluding tert-OH is 1. The first-order chi connectivity index (χ1) is 9.86. The molecule has 1 aromatic rings. The summed E-state index contributed by atoms with van der Waals surface area (Å²) in [6.45, 7) is 4.70. The van der Waals surface area contributed by atoms with Crippen molar-refractivity contribution in [3.63, 3.8) is 0 Å². The highest BCUT2D eigenvalue weighted by molar-refractivity contribution is 5.88. The summed E-state index contributed by atoms with van der Waals surface area (Å²) in [7, 11) is 0. The number of nitro groups is 1. The van der Waals surface area contributed by atoms with Gasteiger partial charge in [-0.3, -0.25) is 10.1 Å². The summed E-state index contributed by atoms with van der Waals surface area (Å²) in [5.74, 6) is -1.16. The molecule has 0 aliphatic rings. The summed E-state index contributed by atoms with van der Waals surface area (Å²) in [6.07, 6.45) is 0. The van der Waals surface area contributed by atoms with Gasteiger partial charge in [-0.2, -0.15) is 0 Å². The van der Waals surface area contributed by atoms with Crippen LogP contribution in [0.4, 0.5) is 11.4 Å². The molecule has 0 heterocycles. The lowest BCUT2D eigenvalue weighted by Crippen LogP contribution is -2.07. The number of allylic oxidation sites excluding steroid dienone is 1. The van der Waals surface area contributed by atoms with Crippen molar-refractivity contribution >= 4 is 17.3 Å². The van der Waals surface area contributed by atoms with Crippen LogP contribution in [0.15, 0.2) is 39.9 Å². The smallest absolute Gasteiger partial charge is 0.362 e. The van der Waals surface area contributed by atoms with Crippen molar-refractivity contribution in [3.8, 4) is 0 Å². The molecule has 1 rings (SSSR count). The second kappa shape index (κ2) is 7.13. The Bertz CT molecular complexity index is 618. The molecule has 0 aliphatic carbocycles. The minimum atomic E-state index is -0.815. The van der Waals surface area contributed by atoms with Crippen LogP contribution in [0, 0.1) is 17.0 Å². The van der Waals surface area contributed by atoms with E-state index in [4.69, 9.17) is 4.74 Å². The van der Waals surface area contributed by atoms with Crippen molar-refractivity contribution in [1.82, 2.24) is 0 Å². The van der Waals surface area contributed by atoms with Crippen LogP contribution >= 0.6 is 0 Å². The highest BCUT2D eigenvalue weighted by atomic mass is 16.6. The Morgan fingerprint density at radius 3 is 2.67 bits per heavy atom. The number of rotatable bonds is 5. The Kier molecular flexibility index (Phi) is 5.53. The second-order valence-corrected chi connectivity index (χ2v) is 4.08. The molecule has 0 bridgehead atoms. The van der Waals surface area contributed by atoms with Gasteiger partial charge < -0.3 is 9.84 Å². The average molecular weight is 293 g/mol. The zero-order valence-corrected chi connectivity index (χ0v) is 11.9. The lowest BCUT2D eigenvalue weighted by Gasteiger charge is -2.03. The molecular weight excluding hydrogens is 278 g/mol. The van der Waals surface area contributed by atoms with Crippen LogP contribution in [-0.2, 0) is 9.53 Å². The third-order valence-corrected chi connectivity index (χ3v) is 2.47. The maximum absolute atomic E-state index is 11.6. The predicted molar refractivity (Wildman–Crippen MR) is 74.3 cm³/mol. The van der Waals surface area contributed by atoms with Crippen molar-refractivity contribution in [1.29, 1.82) is 0 Å². The number of esters is 1. The number of nitrogens with zero attached hydrogens (tertiary/aromatic N) is 3. The summed E-state index contributed by atoms with van der Waals surface area (Å²) in [6, 6.07) is 4.09. The number of hydrogen-bond acceptors (Lipinski definition) is 7. The van der Waals surface area contributed by atoms with Crippen molar-refractivity contribution in [2.24, 2.45) is 10.2 Å². The Morgan fingerprint density at radius 2 is 2.14 bits per heavy atom. The van der Waals surface area contributed by atoms with Gasteiger partial charge in [0, 0.05) is 12.1 Å². The fourth-order valence-corrected chi connectivity index (χ4v) is 1.38. The van der Waals surface area contributed by atoms with Crippen LogP contribution < -0.4 is 0 Å². The zero-order valence-electron chi connectivity index (χ0n) is 11.9. The molecule has 0 unspecified atom stereocenters. The van der Waals surface area contributed by atoms with Gasteiger partial charge in [0.1, 0.15) is 5.76 Å². The number of carbonyl (C=O) groups is 1. The minimum absolute atomic E-state index is 0.126. The maximum atomic E-state index is 11.6. The Labute approximate surface area is 120 Å². The molecule has 1 N–H and O–H groups in total. The molecule has 0 fully saturated rings. The van der Waals surface area contributed by atoms with Gasteiger partial charge in [0.15, 0.2) is 0 Å². The van der Waals surface area contributed by atoms with E-state index in [1.807, 2.05) is 0 Å². The molecule has 0 saturated heterocycles. The molecule has 8 heteroatoms. The highest BCUT2D eigenvalue weighted by Gasteiger charge is 2.14. The van der Waals surface area contributed by atoms with E-state index in [2.05, 4.69) is 10.2 Å². The number of carbonyl (C=O) groups excluding carboxylic acids is 1. The molecule has 21 heavy (non-hydrogen) atoms. The maximum Gasteiger partial charge on any atom is 0.362 e. The van der Waals surface area contributed by atoms with Gasteiger partial charge in [-0.05, 0) is 26.3 Å². The largest absolute Gasteiger partial charge is 0.510 e. The molecule has 0 aliphatic heterocycles. The van der Waals surface area contributed by atoms with Gasteiger partial charge in [0.05, 0.1) is 17.2 Å². The van der Waals surface area contributed by atoms with Crippen LogP contribution in [0.3, 0.4) is 0 Å². The van der Waals surface area contributed by atoms with Gasteiger partial charge in [-0.15, -0.1) is 10.2 Å². The van der Waals surface area contributed by atoms with Crippen molar-refractivity contribution in [2.45, 2.75) is 20.8 Å². The van der Waals surface area contributed by atoms with E-state index in [-0.39, 0.29) is 29.4 Å². The lowest BCUT2D eigenvalue weighted by molar-refractivity contribution is -0.384. The SMILES string of the molecule is CCOC(=O)C(N=Nc1cc([N+](=O)[O-])ccc1C)=C(C)O. The first kappa shape index (κ1) is 16.3. The fraction of sp³-hybridized carbons (Fsp3) is 0.308. The molecule has 8 nitrogen and oxygen atoms in total. The molecule has 0 spiro atoms. The Hall–Kier alpha value is -2.77. The number of aryl methyl sites for hydroxylation is 1. The number of azo groups is 1. The van der Waals surface area contributed by atoms with Crippen molar-refractivity contribution in [3.05, 3.63) is 45.3 Å². The van der Waals surface area contributed by atoms with E-state index < -0.39 is 10.9 Å². The van der Waals surface area contributed by atoms with Gasteiger partial charge in [-0.1, -0.05) is 6.07 Å². The van der Waals surface area contributed by atoms with E-state index in [1.165, 1.54) is 25.1 Å². The molecule has 0 radical (unpaired) electrons. The topological polar surface area (TPSA) is 114 Å². The van der Waals surface area contributed by atoms with Gasteiger partial charge >= 0.3 is 5.97 Å². The Morgan fingerprint density at radius 1 is 1.48 bits per heavy atom. The number of ether oxygens (including phenoxy) is 1. The summed E-state index contributed by atoms with van der Waals surface area (Å²) in [4.78, 5) is 21.7. The van der Waals surface area contributed by atoms with E-state index in [1.54, 1.807) is 13.8 Å². The second-order valence-electron chi connectivity index (χ2n) is 4.08. The summed E-state index contributed by atoms with van der Waals surface area (Å²) >= 11 is 0. The normalized spacial score (nSPS) is 12.1. The average Bonchev–Trinajstić information content (AvgIpc) is 2.40. The molecule has 112 valence electrons. The van der Waals surface area contributed by atoms with Gasteiger partial charge in [-0.25, -0.2) is 4.79 Å². The Balaban J connectivity index is 3.13. The monoisotopic (exact) mass is 293 g/mol. The predicted octanol–water partition coefficient (Wildman–Crippen LogP) is 3.34. The summed E-state index contributed by atoms with van der Waals surface area (Å²) in [5.41, 5.74) is 0.384. The number of non-ortho nitro benzene ring substituents is 1. The van der Waals surface area contributed by atoms with Crippen LogP contribution in [0.1, 0.15) is 19.4 Å². The van der Waals surface area contributed by atoms with Crippen LogP contribution in [0.5, 0.6) is 0 Å².